The number of hydrogen-bond donors (Lipinski definition) is 2. The fourth-order valence-electron chi connectivity index (χ4n) is 5.33. The van der Waals surface area contributed by atoms with Gasteiger partial charge in [0, 0.05) is 29.0 Å². The van der Waals surface area contributed by atoms with Crippen molar-refractivity contribution in [1.82, 2.24) is 15.6 Å². The molecule has 2 aromatic rings. The molecule has 0 spiro atoms. The lowest BCUT2D eigenvalue weighted by Crippen LogP contribution is -2.58. The zero-order valence-electron chi connectivity index (χ0n) is 23.0. The van der Waals surface area contributed by atoms with Crippen molar-refractivity contribution in [3.8, 4) is 5.75 Å². The highest BCUT2D eigenvalue weighted by Gasteiger charge is 2.47. The number of rotatable bonds is 14. The van der Waals surface area contributed by atoms with E-state index in [1.54, 1.807) is 18.3 Å². The van der Waals surface area contributed by atoms with Gasteiger partial charge < -0.3 is 15.4 Å². The number of ether oxygens (including phenoxy) is 1. The monoisotopic (exact) mass is 539 g/mol. The maximum atomic E-state index is 13.6. The van der Waals surface area contributed by atoms with E-state index in [2.05, 4.69) is 36.4 Å². The molecule has 7 heteroatoms. The van der Waals surface area contributed by atoms with Gasteiger partial charge in [-0.05, 0) is 99.6 Å². The molecule has 2 aliphatic rings. The van der Waals surface area contributed by atoms with Crippen LogP contribution in [0, 0.1) is 11.8 Å². The van der Waals surface area contributed by atoms with Crippen molar-refractivity contribution >= 4 is 23.4 Å². The normalized spacial score (nSPS) is 18.5. The average molecular weight is 540 g/mol. The number of nitrogens with zero attached hydrogens (tertiary/aromatic N) is 1. The molecule has 38 heavy (non-hydrogen) atoms. The highest BCUT2D eigenvalue weighted by molar-refractivity contribution is 6.30. The highest BCUT2D eigenvalue weighted by atomic mass is 35.5. The molecule has 2 saturated carbocycles. The molecule has 0 bridgehead atoms. The fourth-order valence-corrected chi connectivity index (χ4v) is 5.46. The number of carbonyl (C=O) groups excluding carboxylic acids is 2. The summed E-state index contributed by atoms with van der Waals surface area (Å²) in [6.45, 7) is 6.68. The summed E-state index contributed by atoms with van der Waals surface area (Å²) in [6, 6.07) is 11.4. The Morgan fingerprint density at radius 3 is 2.37 bits per heavy atom. The molecule has 3 atom stereocenters. The first-order valence-corrected chi connectivity index (χ1v) is 14.7. The smallest absolute Gasteiger partial charge is 0.264 e. The molecular formula is C31H42ClN3O3. The van der Waals surface area contributed by atoms with E-state index in [-0.39, 0.29) is 17.9 Å². The third kappa shape index (κ3) is 7.95. The van der Waals surface area contributed by atoms with Gasteiger partial charge in [-0.15, -0.1) is 0 Å². The second-order valence-electron chi connectivity index (χ2n) is 11.5. The number of pyridine rings is 1. The van der Waals surface area contributed by atoms with E-state index < -0.39 is 5.60 Å². The summed E-state index contributed by atoms with van der Waals surface area (Å²) in [6.07, 6.45) is 11.1. The number of nitrogens with one attached hydrogen (secondary N) is 2. The Balaban J connectivity index is 1.37. The predicted molar refractivity (Wildman–Crippen MR) is 151 cm³/mol. The minimum Gasteiger partial charge on any atom is -0.477 e. The van der Waals surface area contributed by atoms with Gasteiger partial charge in [-0.2, -0.15) is 0 Å². The van der Waals surface area contributed by atoms with E-state index >= 15 is 0 Å². The lowest BCUT2D eigenvalue weighted by Gasteiger charge is -2.41. The largest absolute Gasteiger partial charge is 0.477 e. The van der Waals surface area contributed by atoms with Gasteiger partial charge in [0.1, 0.15) is 5.75 Å². The number of hydrogen-bond acceptors (Lipinski definition) is 4. The molecule has 6 nitrogen and oxygen atoms in total. The minimum absolute atomic E-state index is 0.0104. The van der Waals surface area contributed by atoms with Gasteiger partial charge in [0.25, 0.3) is 11.8 Å². The van der Waals surface area contributed by atoms with Gasteiger partial charge in [-0.25, -0.2) is 0 Å². The Labute approximate surface area is 232 Å². The van der Waals surface area contributed by atoms with E-state index in [0.717, 1.165) is 69.9 Å². The van der Waals surface area contributed by atoms with Crippen molar-refractivity contribution in [2.24, 2.45) is 11.8 Å². The summed E-state index contributed by atoms with van der Waals surface area (Å²) in [4.78, 5) is 30.4. The van der Waals surface area contributed by atoms with Crippen LogP contribution < -0.4 is 15.4 Å². The molecule has 206 valence electrons. The molecule has 4 rings (SSSR count). The maximum Gasteiger partial charge on any atom is 0.264 e. The van der Waals surface area contributed by atoms with Crippen molar-refractivity contribution in [1.29, 1.82) is 0 Å². The van der Waals surface area contributed by atoms with E-state index in [0.29, 0.717) is 34.2 Å². The van der Waals surface area contributed by atoms with Crippen LogP contribution in [0.2, 0.25) is 5.02 Å². The lowest BCUT2D eigenvalue weighted by molar-refractivity contribution is -0.145. The maximum absolute atomic E-state index is 13.6. The highest BCUT2D eigenvalue weighted by Crippen LogP contribution is 2.37. The SMILES string of the molecule is CCCC(C)CC(CC(C)Cc1ccc(C(=O)NC2CC2)cn1)NC(=O)C1(Oc2ccc(Cl)cc2)CCC1. The van der Waals surface area contributed by atoms with Crippen LogP contribution in [0.3, 0.4) is 0 Å². The van der Waals surface area contributed by atoms with E-state index in [9.17, 15) is 9.59 Å². The molecule has 0 aliphatic heterocycles. The van der Waals surface area contributed by atoms with Gasteiger partial charge >= 0.3 is 0 Å². The van der Waals surface area contributed by atoms with Gasteiger partial charge in [-0.1, -0.05) is 45.2 Å². The van der Waals surface area contributed by atoms with Crippen LogP contribution in [0.5, 0.6) is 5.75 Å². The summed E-state index contributed by atoms with van der Waals surface area (Å²) in [7, 11) is 0. The molecule has 1 aromatic carbocycles. The third-order valence-corrected chi connectivity index (χ3v) is 8.00. The quantitative estimate of drug-likeness (QED) is 0.287. The third-order valence-electron chi connectivity index (χ3n) is 7.75. The first kappa shape index (κ1) is 28.4. The van der Waals surface area contributed by atoms with Gasteiger partial charge in [-0.3, -0.25) is 14.6 Å². The Hall–Kier alpha value is -2.60. The molecule has 2 aliphatic carbocycles. The number of halogens is 1. The summed E-state index contributed by atoms with van der Waals surface area (Å²) in [5.74, 6) is 1.47. The summed E-state index contributed by atoms with van der Waals surface area (Å²) in [5, 5.41) is 7.04. The zero-order valence-corrected chi connectivity index (χ0v) is 23.7. The lowest BCUT2D eigenvalue weighted by atomic mass is 9.78. The van der Waals surface area contributed by atoms with E-state index in [1.807, 2.05) is 24.3 Å². The van der Waals surface area contributed by atoms with Crippen molar-refractivity contribution in [3.05, 3.63) is 58.9 Å². The van der Waals surface area contributed by atoms with E-state index in [4.69, 9.17) is 16.3 Å². The first-order chi connectivity index (χ1) is 18.3. The number of benzene rings is 1. The van der Waals surface area contributed by atoms with Crippen molar-refractivity contribution < 1.29 is 14.3 Å². The molecule has 0 saturated heterocycles. The van der Waals surface area contributed by atoms with Crippen LogP contribution in [0.4, 0.5) is 0 Å². The van der Waals surface area contributed by atoms with Gasteiger partial charge in [0.05, 0.1) is 5.56 Å². The zero-order chi connectivity index (χ0) is 27.1. The predicted octanol–water partition coefficient (Wildman–Crippen LogP) is 6.51. The van der Waals surface area contributed by atoms with E-state index in [1.165, 1.54) is 0 Å². The Bertz CT molecular complexity index is 1060. The van der Waals surface area contributed by atoms with Crippen LogP contribution in [-0.4, -0.2) is 34.5 Å². The second kappa shape index (κ2) is 13.0. The Morgan fingerprint density at radius 1 is 1.08 bits per heavy atom. The van der Waals surface area contributed by atoms with Crippen LogP contribution >= 0.6 is 11.6 Å². The Kier molecular flexibility index (Phi) is 9.69. The fraction of sp³-hybridized carbons (Fsp3) is 0.581. The van der Waals surface area contributed by atoms with Gasteiger partial charge in [0.2, 0.25) is 0 Å². The standard InChI is InChI=1S/C31H42ClN3O3/c1-4-6-21(2)17-27(35-30(37)31(15-5-16-31)38-28-13-8-24(32)9-14-28)19-22(3)18-26-10-7-23(20-33-26)29(36)34-25-11-12-25/h7-10,13-14,20-22,25,27H,4-6,11-12,15-19H2,1-3H3,(H,34,36)(H,35,37). The minimum atomic E-state index is -0.804. The average Bonchev–Trinajstić information content (AvgIpc) is 3.67. The van der Waals surface area contributed by atoms with Gasteiger partial charge in [0.15, 0.2) is 5.60 Å². The van der Waals surface area contributed by atoms with Crippen LogP contribution in [0.25, 0.3) is 0 Å². The van der Waals surface area contributed by atoms with Crippen LogP contribution in [0.1, 0.15) is 94.6 Å². The molecule has 2 amide bonds. The second-order valence-corrected chi connectivity index (χ2v) is 12.0. The summed E-state index contributed by atoms with van der Waals surface area (Å²) < 4.78 is 6.25. The molecule has 2 fully saturated rings. The van der Waals surface area contributed by atoms with Crippen molar-refractivity contribution in [2.45, 2.75) is 103 Å². The van der Waals surface area contributed by atoms with Crippen LogP contribution in [0.15, 0.2) is 42.6 Å². The summed E-state index contributed by atoms with van der Waals surface area (Å²) >= 11 is 6.03. The number of carbonyl (C=O) groups is 2. The Morgan fingerprint density at radius 2 is 1.79 bits per heavy atom. The number of amides is 2. The molecule has 2 N–H and O–H groups in total. The molecular weight excluding hydrogens is 498 g/mol. The topological polar surface area (TPSA) is 80.3 Å². The molecule has 0 radical (unpaired) electrons. The summed E-state index contributed by atoms with van der Waals surface area (Å²) in [5.41, 5.74) is 0.772. The number of aromatic nitrogens is 1. The molecule has 1 heterocycles. The first-order valence-electron chi connectivity index (χ1n) is 14.3. The molecule has 1 aromatic heterocycles. The van der Waals surface area contributed by atoms with Crippen LogP contribution in [-0.2, 0) is 11.2 Å². The van der Waals surface area contributed by atoms with Crippen molar-refractivity contribution in [3.63, 3.8) is 0 Å². The van der Waals surface area contributed by atoms with Crippen molar-refractivity contribution in [2.75, 3.05) is 0 Å². The molecule has 3 unspecified atom stereocenters.